The van der Waals surface area contributed by atoms with Crippen LogP contribution < -0.4 is 10.2 Å². The fourth-order valence-electron chi connectivity index (χ4n) is 8.88. The highest BCUT2D eigenvalue weighted by Gasteiger charge is 2.27. The number of esters is 1. The summed E-state index contributed by atoms with van der Waals surface area (Å²) in [5, 5.41) is 3.02. The van der Waals surface area contributed by atoms with E-state index in [9.17, 15) is 19.0 Å². The van der Waals surface area contributed by atoms with Gasteiger partial charge in [-0.1, -0.05) is 253 Å². The van der Waals surface area contributed by atoms with Crippen LogP contribution in [0, 0.1) is 0 Å². The van der Waals surface area contributed by atoms with E-state index in [-0.39, 0.29) is 24.9 Å². The zero-order chi connectivity index (χ0) is 57.2. The predicted molar refractivity (Wildman–Crippen MR) is 334 cm³/mol. The topological polar surface area (TPSA) is 114 Å². The van der Waals surface area contributed by atoms with Crippen LogP contribution in [0.15, 0.2) is 97.2 Å². The predicted octanol–water partition coefficient (Wildman–Crippen LogP) is 19.3. The largest absolute Gasteiger partial charge is 0.756 e. The van der Waals surface area contributed by atoms with Crippen molar-refractivity contribution in [2.45, 2.75) is 283 Å². The lowest BCUT2D eigenvalue weighted by atomic mass is 10.0. The fraction of sp³-hybridized carbons (Fsp3) is 0.735. The summed E-state index contributed by atoms with van der Waals surface area (Å²) in [6.07, 6.45) is 76.7. The highest BCUT2D eigenvalue weighted by molar-refractivity contribution is 7.45. The Kier molecular flexibility index (Phi) is 54.9. The van der Waals surface area contributed by atoms with Crippen molar-refractivity contribution in [1.82, 2.24) is 5.32 Å². The molecule has 0 aromatic heterocycles. The zero-order valence-electron chi connectivity index (χ0n) is 51.3. The normalized spacial score (nSPS) is 14.3. The van der Waals surface area contributed by atoms with Gasteiger partial charge in [0.15, 0.2) is 0 Å². The van der Waals surface area contributed by atoms with Crippen molar-refractivity contribution in [3.05, 3.63) is 97.2 Å². The minimum Gasteiger partial charge on any atom is -0.756 e. The molecule has 0 aliphatic carbocycles. The van der Waals surface area contributed by atoms with Gasteiger partial charge >= 0.3 is 5.97 Å². The van der Waals surface area contributed by atoms with Crippen molar-refractivity contribution in [2.24, 2.45) is 0 Å². The first-order valence-corrected chi connectivity index (χ1v) is 33.5. The molecule has 450 valence electrons. The molecule has 0 fully saturated rings. The second-order valence-electron chi connectivity index (χ2n) is 22.5. The summed E-state index contributed by atoms with van der Waals surface area (Å²) in [6, 6.07) is -0.897. The molecule has 0 aliphatic heterocycles. The third-order valence-corrected chi connectivity index (χ3v) is 14.7. The van der Waals surface area contributed by atoms with E-state index in [4.69, 9.17) is 13.8 Å². The molecule has 0 aromatic carbocycles. The molecule has 1 N–H and O–H groups in total. The minimum atomic E-state index is -4.70. The number of unbranched alkanes of at least 4 members (excludes halogenated alkanes) is 27. The summed E-state index contributed by atoms with van der Waals surface area (Å²) in [6.45, 7) is 6.61. The van der Waals surface area contributed by atoms with Gasteiger partial charge in [0.25, 0.3) is 7.82 Å². The smallest absolute Gasteiger partial charge is 0.306 e. The number of quaternary nitrogens is 1. The summed E-state index contributed by atoms with van der Waals surface area (Å²) in [5.74, 6) is -0.556. The Morgan fingerprint density at radius 1 is 0.462 bits per heavy atom. The monoisotopic (exact) mass is 1110 g/mol. The first-order valence-electron chi connectivity index (χ1n) is 32.0. The summed E-state index contributed by atoms with van der Waals surface area (Å²) in [7, 11) is 1.17. The van der Waals surface area contributed by atoms with Crippen LogP contribution >= 0.6 is 7.82 Å². The van der Waals surface area contributed by atoms with Crippen LogP contribution in [-0.4, -0.2) is 69.4 Å². The van der Waals surface area contributed by atoms with Crippen molar-refractivity contribution < 1.29 is 37.3 Å². The molecular weight excluding hydrogens is 988 g/mol. The van der Waals surface area contributed by atoms with Crippen molar-refractivity contribution in [3.63, 3.8) is 0 Å². The number of hydrogen-bond donors (Lipinski definition) is 1. The molecule has 3 atom stereocenters. The lowest BCUT2D eigenvalue weighted by Gasteiger charge is -2.30. The van der Waals surface area contributed by atoms with Crippen LogP contribution in [0.4, 0.5) is 0 Å². The summed E-state index contributed by atoms with van der Waals surface area (Å²) < 4.78 is 30.3. The summed E-state index contributed by atoms with van der Waals surface area (Å²) >= 11 is 0. The average molecular weight is 1110 g/mol. The number of hydrogen-bond acceptors (Lipinski definition) is 7. The quantitative estimate of drug-likeness (QED) is 0.0212. The molecule has 0 bridgehead atoms. The minimum absolute atomic E-state index is 0.0280. The van der Waals surface area contributed by atoms with Crippen LogP contribution in [0.5, 0.6) is 0 Å². The molecular formula is C68H121N2O7P. The maximum atomic E-state index is 13.5. The molecule has 0 aromatic rings. The van der Waals surface area contributed by atoms with Gasteiger partial charge in [0, 0.05) is 12.8 Å². The number of ether oxygens (including phenoxy) is 1. The first-order chi connectivity index (χ1) is 37.9. The SMILES string of the molecule is CC/C=C\C/C=C\C/C=C\C/C=C\C/C=C\CCCCCCCCCCCCCC(=O)OC(/C=C\CCCCCCCCCCC)C(COP(=O)([O-])OCC[N+](C)(C)C)NC(=O)CCCCCCCCC/C=C/C/C=C/CC. The highest BCUT2D eigenvalue weighted by Crippen LogP contribution is 2.38. The van der Waals surface area contributed by atoms with Crippen LogP contribution in [0.3, 0.4) is 0 Å². The van der Waals surface area contributed by atoms with Gasteiger partial charge in [0.05, 0.1) is 33.8 Å². The maximum Gasteiger partial charge on any atom is 0.306 e. The highest BCUT2D eigenvalue weighted by atomic mass is 31.2. The number of nitrogens with one attached hydrogen (secondary N) is 1. The number of rotatable bonds is 57. The Balaban J connectivity index is 5.06. The molecule has 3 unspecified atom stereocenters. The van der Waals surface area contributed by atoms with Crippen molar-refractivity contribution in [1.29, 1.82) is 0 Å². The van der Waals surface area contributed by atoms with E-state index in [1.165, 1.54) is 116 Å². The van der Waals surface area contributed by atoms with Gasteiger partial charge in [-0.05, 0) is 102 Å². The third-order valence-electron chi connectivity index (χ3n) is 13.8. The summed E-state index contributed by atoms with van der Waals surface area (Å²) in [5.41, 5.74) is 0. The number of carbonyl (C=O) groups is 2. The molecule has 10 heteroatoms. The molecule has 0 rings (SSSR count). The van der Waals surface area contributed by atoms with Crippen LogP contribution in [0.2, 0.25) is 0 Å². The zero-order valence-corrected chi connectivity index (χ0v) is 52.2. The Morgan fingerprint density at radius 3 is 1.23 bits per heavy atom. The molecule has 78 heavy (non-hydrogen) atoms. The Labute approximate surface area is 481 Å². The average Bonchev–Trinajstić information content (AvgIpc) is 3.40. The van der Waals surface area contributed by atoms with E-state index in [1.807, 2.05) is 33.3 Å². The van der Waals surface area contributed by atoms with Gasteiger partial charge in [-0.3, -0.25) is 14.2 Å². The standard InChI is InChI=1S/C68H121N2O7P/c1-7-10-13-16-19-22-25-27-29-30-31-32-33-34-35-36-37-38-39-40-41-43-46-49-52-55-58-61-68(72)77-66(59-56-53-50-47-44-24-21-18-15-12-9-3)65(64-76-78(73,74)75-63-62-70(4,5)6)69-67(71)60-57-54-51-48-45-42-28-26-23-20-17-14-11-8-2/h10-11,13-14,19-20,22-23,27,29,31-32,34-35,56,59,65-66H,7-9,12,15-18,21,24-26,28,30,33,36-55,57-58,60-64H2,1-6H3,(H-,69,71,73,74)/b13-10-,14-11+,22-19-,23-20+,29-27-,32-31-,35-34-,59-56-. The first kappa shape index (κ1) is 74.9. The second-order valence-corrected chi connectivity index (χ2v) is 23.9. The number of likely N-dealkylation sites (N-methyl/N-ethyl adjacent to an activating group) is 1. The number of phosphoric ester groups is 1. The fourth-order valence-corrected chi connectivity index (χ4v) is 9.60. The molecule has 0 saturated carbocycles. The molecule has 0 radical (unpaired) electrons. The van der Waals surface area contributed by atoms with E-state index in [0.29, 0.717) is 17.4 Å². The Hall–Kier alpha value is -3.07. The number of amides is 1. The van der Waals surface area contributed by atoms with Crippen LogP contribution in [0.1, 0.15) is 271 Å². The van der Waals surface area contributed by atoms with Gasteiger partial charge in [-0.25, -0.2) is 0 Å². The molecule has 0 saturated heterocycles. The van der Waals surface area contributed by atoms with Crippen molar-refractivity contribution in [3.8, 4) is 0 Å². The maximum absolute atomic E-state index is 13.5. The number of nitrogens with zero attached hydrogens (tertiary/aromatic N) is 1. The van der Waals surface area contributed by atoms with Gasteiger partial charge < -0.3 is 28.5 Å². The van der Waals surface area contributed by atoms with E-state index in [2.05, 4.69) is 111 Å². The van der Waals surface area contributed by atoms with Gasteiger partial charge in [0.1, 0.15) is 19.3 Å². The van der Waals surface area contributed by atoms with Crippen LogP contribution in [-0.2, 0) is 27.9 Å². The van der Waals surface area contributed by atoms with E-state index in [0.717, 1.165) is 122 Å². The third kappa shape index (κ3) is 57.6. The van der Waals surface area contributed by atoms with Gasteiger partial charge in [-0.15, -0.1) is 0 Å². The molecule has 0 aliphatic rings. The molecule has 9 nitrogen and oxygen atoms in total. The van der Waals surface area contributed by atoms with Gasteiger partial charge in [-0.2, -0.15) is 0 Å². The lowest BCUT2D eigenvalue weighted by Crippen LogP contribution is -2.47. The van der Waals surface area contributed by atoms with Crippen molar-refractivity contribution >= 4 is 19.7 Å². The van der Waals surface area contributed by atoms with Crippen LogP contribution in [0.25, 0.3) is 0 Å². The Morgan fingerprint density at radius 2 is 0.821 bits per heavy atom. The van der Waals surface area contributed by atoms with Gasteiger partial charge in [0.2, 0.25) is 5.91 Å². The van der Waals surface area contributed by atoms with E-state index in [1.54, 1.807) is 0 Å². The lowest BCUT2D eigenvalue weighted by molar-refractivity contribution is -0.870. The number of allylic oxidation sites excluding steroid dienone is 15. The number of phosphoric acid groups is 1. The van der Waals surface area contributed by atoms with Crippen molar-refractivity contribution in [2.75, 3.05) is 40.9 Å². The Bertz CT molecular complexity index is 1660. The summed E-state index contributed by atoms with van der Waals surface area (Å²) in [4.78, 5) is 40.0. The van der Waals surface area contributed by atoms with E-state index >= 15 is 0 Å². The molecule has 0 spiro atoms. The molecule has 0 heterocycles. The number of carbonyl (C=O) groups excluding carboxylic acids is 2. The second kappa shape index (κ2) is 57.2. The van der Waals surface area contributed by atoms with E-state index < -0.39 is 26.6 Å². The molecule has 1 amide bonds.